The van der Waals surface area contributed by atoms with Gasteiger partial charge in [-0.1, -0.05) is 60.7 Å². The number of methoxy groups -OCH3 is 2. The number of nitrogens with zero attached hydrogens (tertiary/aromatic N) is 9. The first kappa shape index (κ1) is 36.4. The van der Waals surface area contributed by atoms with Gasteiger partial charge in [0.1, 0.15) is 23.3 Å². The predicted molar refractivity (Wildman–Crippen MR) is 208 cm³/mol. The van der Waals surface area contributed by atoms with E-state index in [-0.39, 0.29) is 11.9 Å². The number of aromatic nitrogens is 6. The monoisotopic (exact) mass is 711 g/mol. The van der Waals surface area contributed by atoms with Crippen molar-refractivity contribution in [3.63, 3.8) is 0 Å². The molecule has 0 aliphatic carbocycles. The lowest BCUT2D eigenvalue weighted by Crippen LogP contribution is -2.20. The molecule has 0 aliphatic heterocycles. The highest BCUT2D eigenvalue weighted by atomic mass is 16.5. The molecule has 4 N–H and O–H groups in total. The van der Waals surface area contributed by atoms with Crippen LogP contribution in [0.25, 0.3) is 16.4 Å². The number of nitrogens with one attached hydrogen (secondary N) is 2. The van der Waals surface area contributed by atoms with E-state index in [1.54, 1.807) is 21.3 Å². The van der Waals surface area contributed by atoms with Gasteiger partial charge in [0.2, 0.25) is 11.9 Å². The van der Waals surface area contributed by atoms with Gasteiger partial charge in [-0.25, -0.2) is 4.98 Å². The number of benzene rings is 4. The van der Waals surface area contributed by atoms with Gasteiger partial charge in [0.05, 0.1) is 26.6 Å². The molecule has 6 rings (SSSR count). The van der Waals surface area contributed by atoms with Crippen LogP contribution in [0.1, 0.15) is 22.8 Å². The maximum atomic E-state index is 6.04. The molecule has 14 nitrogen and oxygen atoms in total. The molecule has 0 unspecified atom stereocenters. The van der Waals surface area contributed by atoms with Gasteiger partial charge >= 0.3 is 0 Å². The fraction of sp³-hybridized carbons (Fsp3) is 0.231. The Morgan fingerprint density at radius 2 is 1.34 bits per heavy atom. The summed E-state index contributed by atoms with van der Waals surface area (Å²) in [5.74, 6) is 3.71. The van der Waals surface area contributed by atoms with E-state index in [1.165, 1.54) is 5.56 Å². The maximum absolute atomic E-state index is 6.04. The Hall–Kier alpha value is -6.38. The summed E-state index contributed by atoms with van der Waals surface area (Å²) < 4.78 is 11.1. The predicted octanol–water partition coefficient (Wildman–Crippen LogP) is 6.71. The molecule has 0 fully saturated rings. The number of anilines is 4. The van der Waals surface area contributed by atoms with Crippen LogP contribution in [0.3, 0.4) is 0 Å². The molecule has 53 heavy (non-hydrogen) atoms. The molecular formula is C39H43N12O2-. The van der Waals surface area contributed by atoms with Crippen molar-refractivity contribution in [3.05, 3.63) is 125 Å². The van der Waals surface area contributed by atoms with Crippen LogP contribution in [0.15, 0.2) is 97.1 Å². The molecule has 2 heterocycles. The van der Waals surface area contributed by atoms with E-state index in [1.807, 2.05) is 74.8 Å². The quantitative estimate of drug-likeness (QED) is 0.0971. The Morgan fingerprint density at radius 1 is 0.642 bits per heavy atom. The van der Waals surface area contributed by atoms with Crippen molar-refractivity contribution < 1.29 is 9.47 Å². The second-order valence-corrected chi connectivity index (χ2v) is 12.4. The van der Waals surface area contributed by atoms with Gasteiger partial charge in [0.15, 0.2) is 0 Å². The minimum atomic E-state index is 0.104. The molecule has 4 aromatic carbocycles. The van der Waals surface area contributed by atoms with Crippen molar-refractivity contribution in [2.75, 3.05) is 51.7 Å². The number of nitrogens with two attached hydrogens (primary N) is 1. The molecule has 6 aromatic rings. The normalized spacial score (nSPS) is 11.1. The molecule has 14 heteroatoms. The molecule has 2 aromatic heterocycles. The lowest BCUT2D eigenvalue weighted by molar-refractivity contribution is 0.310. The van der Waals surface area contributed by atoms with Crippen LogP contribution in [0.2, 0.25) is 0 Å². The number of nitrogen functional groups attached to an aromatic ring is 1. The van der Waals surface area contributed by atoms with Crippen molar-refractivity contribution in [1.29, 1.82) is 0 Å². The van der Waals surface area contributed by atoms with E-state index < -0.39 is 0 Å². The summed E-state index contributed by atoms with van der Waals surface area (Å²) in [7, 11) is 9.08. The van der Waals surface area contributed by atoms with E-state index in [0.29, 0.717) is 60.4 Å². The highest BCUT2D eigenvalue weighted by Gasteiger charge is 2.12. The number of rotatable bonds is 16. The van der Waals surface area contributed by atoms with Gasteiger partial charge in [0, 0.05) is 50.1 Å². The molecule has 0 amide bonds. The Kier molecular flexibility index (Phi) is 11.8. The fourth-order valence-corrected chi connectivity index (χ4v) is 5.77. The summed E-state index contributed by atoms with van der Waals surface area (Å²) in [6.07, 6.45) is 0. The molecule has 0 saturated heterocycles. The number of hydrogen-bond acceptors (Lipinski definition) is 13. The Morgan fingerprint density at radius 3 is 2.09 bits per heavy atom. The number of hydrogen-bond donors (Lipinski definition) is 3. The number of para-hydroxylation sites is 2. The van der Waals surface area contributed by atoms with Crippen molar-refractivity contribution in [1.82, 2.24) is 39.7 Å². The SMILES string of the molecule is CNc1nc(CN(C)Cc2ccccc2)nc(Nc2cc(OC)cc(-c3cccc(CN(C)Cc4nc(N)nc([N-]c5ccccc5OC)n4)c3)c2)n1. The zero-order valence-electron chi connectivity index (χ0n) is 30.5. The van der Waals surface area contributed by atoms with Crippen molar-refractivity contribution in [2.24, 2.45) is 0 Å². The number of ether oxygens (including phenoxy) is 2. The molecule has 0 spiro atoms. The first-order valence-corrected chi connectivity index (χ1v) is 17.0. The van der Waals surface area contributed by atoms with Crippen LogP contribution in [-0.4, -0.2) is 75.1 Å². The molecule has 0 atom stereocenters. The van der Waals surface area contributed by atoms with Gasteiger partial charge in [0.25, 0.3) is 0 Å². The smallest absolute Gasteiger partial charge is 0.232 e. The van der Waals surface area contributed by atoms with Gasteiger partial charge in [-0.05, 0) is 66.7 Å². The summed E-state index contributed by atoms with van der Waals surface area (Å²) in [5, 5.41) is 11.0. The first-order valence-electron chi connectivity index (χ1n) is 17.0. The Bertz CT molecular complexity index is 2130. The molecular weight excluding hydrogens is 669 g/mol. The van der Waals surface area contributed by atoms with Crippen LogP contribution in [0.4, 0.5) is 35.2 Å². The summed E-state index contributed by atoms with van der Waals surface area (Å²) >= 11 is 0. The summed E-state index contributed by atoms with van der Waals surface area (Å²) in [4.78, 5) is 31.3. The van der Waals surface area contributed by atoms with E-state index in [2.05, 4.69) is 87.1 Å². The van der Waals surface area contributed by atoms with Crippen molar-refractivity contribution in [3.8, 4) is 22.6 Å². The Balaban J connectivity index is 1.15. The van der Waals surface area contributed by atoms with Crippen LogP contribution in [-0.2, 0) is 26.2 Å². The highest BCUT2D eigenvalue weighted by Crippen LogP contribution is 2.35. The van der Waals surface area contributed by atoms with E-state index in [9.17, 15) is 0 Å². The molecule has 272 valence electrons. The average molecular weight is 712 g/mol. The first-order chi connectivity index (χ1) is 25.8. The molecule has 0 radical (unpaired) electrons. The van der Waals surface area contributed by atoms with Gasteiger partial charge in [-0.2, -0.15) is 15.0 Å². The van der Waals surface area contributed by atoms with Crippen molar-refractivity contribution >= 4 is 35.2 Å². The second-order valence-electron chi connectivity index (χ2n) is 12.4. The van der Waals surface area contributed by atoms with Crippen LogP contribution < -0.4 is 25.8 Å². The Labute approximate surface area is 309 Å². The van der Waals surface area contributed by atoms with E-state index in [0.717, 1.165) is 28.9 Å². The summed E-state index contributed by atoms with van der Waals surface area (Å²) in [5.41, 5.74) is 11.7. The topological polar surface area (TPSA) is 166 Å². The zero-order chi connectivity index (χ0) is 37.2. The zero-order valence-corrected chi connectivity index (χ0v) is 30.5. The third-order valence-electron chi connectivity index (χ3n) is 8.13. The maximum Gasteiger partial charge on any atom is 0.232 e. The largest absolute Gasteiger partial charge is 0.497 e. The van der Waals surface area contributed by atoms with Crippen LogP contribution >= 0.6 is 0 Å². The van der Waals surface area contributed by atoms with Gasteiger partial charge in [-0.15, -0.1) is 0 Å². The van der Waals surface area contributed by atoms with Gasteiger partial charge in [-0.3, -0.25) is 9.80 Å². The van der Waals surface area contributed by atoms with Crippen LogP contribution in [0.5, 0.6) is 11.5 Å². The lowest BCUT2D eigenvalue weighted by atomic mass is 10.0. The van der Waals surface area contributed by atoms with Crippen LogP contribution in [0, 0.1) is 0 Å². The standard InChI is InChI=1S/C39H43N12O2/c1-41-37-45-35(25-50(2)22-26-12-7-6-8-13-26)47-38(49-37)42-30-19-29(20-31(21-30)52-4)28-15-11-14-27(18-28)23-51(3)24-34-44-36(40)48-39(46-34)43-32-16-9-10-17-33(32)53-5/h6-21H,22-25H2,1-5H3,(H4-,40,41,42,43,44,45,46,47,48,49)/q-1. The third-order valence-corrected chi connectivity index (χ3v) is 8.13. The molecule has 0 aliphatic rings. The van der Waals surface area contributed by atoms with Gasteiger partial charge < -0.3 is 41.1 Å². The lowest BCUT2D eigenvalue weighted by Gasteiger charge is -2.21. The molecule has 0 saturated carbocycles. The molecule has 0 bridgehead atoms. The second kappa shape index (κ2) is 17.2. The van der Waals surface area contributed by atoms with E-state index >= 15 is 0 Å². The minimum Gasteiger partial charge on any atom is -0.497 e. The van der Waals surface area contributed by atoms with E-state index in [4.69, 9.17) is 20.2 Å². The third kappa shape index (κ3) is 10.1. The minimum absolute atomic E-state index is 0.104. The summed E-state index contributed by atoms with van der Waals surface area (Å²) in [6.45, 7) is 2.38. The fourth-order valence-electron chi connectivity index (χ4n) is 5.77. The summed E-state index contributed by atoms with van der Waals surface area (Å²) in [6, 6.07) is 32.0. The average Bonchev–Trinajstić information content (AvgIpc) is 3.15. The highest BCUT2D eigenvalue weighted by molar-refractivity contribution is 5.73. The van der Waals surface area contributed by atoms with Crippen molar-refractivity contribution in [2.45, 2.75) is 26.2 Å².